The molecule has 1 aromatic carbocycles. The topological polar surface area (TPSA) is 53.6 Å². The number of hydrogen-bond donors (Lipinski definition) is 2. The highest BCUT2D eigenvalue weighted by Gasteiger charge is 2.32. The average molecular weight is 335 g/mol. The second-order valence-corrected chi connectivity index (χ2v) is 5.37. The maximum Gasteiger partial charge on any atom is 0.573 e. The van der Waals surface area contributed by atoms with Gasteiger partial charge in [0.2, 0.25) is 0 Å². The number of piperidine rings is 1. The third kappa shape index (κ3) is 5.59. The monoisotopic (exact) mass is 335 g/mol. The number of nitrogens with one attached hydrogen (secondary N) is 2. The molecule has 2 N–H and O–H groups in total. The van der Waals surface area contributed by atoms with Crippen molar-refractivity contribution < 1.29 is 27.1 Å². The first-order chi connectivity index (χ1) is 10.7. The van der Waals surface area contributed by atoms with Crippen LogP contribution in [0.3, 0.4) is 0 Å². The summed E-state index contributed by atoms with van der Waals surface area (Å²) in [4.78, 5) is 14.0. The zero-order valence-corrected chi connectivity index (χ0v) is 12.4. The van der Waals surface area contributed by atoms with Crippen LogP contribution >= 0.6 is 0 Å². The van der Waals surface area contributed by atoms with Crippen molar-refractivity contribution in [3.63, 3.8) is 0 Å². The Morgan fingerprint density at radius 3 is 2.52 bits per heavy atom. The predicted octanol–water partition coefficient (Wildman–Crippen LogP) is 2.94. The van der Waals surface area contributed by atoms with E-state index in [4.69, 9.17) is 0 Å². The predicted molar refractivity (Wildman–Crippen MR) is 75.8 cm³/mol. The molecule has 0 unspecified atom stereocenters. The number of urea groups is 1. The maximum absolute atomic E-state index is 13.5. The highest BCUT2D eigenvalue weighted by Crippen LogP contribution is 2.27. The molecule has 2 amide bonds. The van der Waals surface area contributed by atoms with Gasteiger partial charge in [-0.15, -0.1) is 13.2 Å². The van der Waals surface area contributed by atoms with Crippen molar-refractivity contribution in [2.24, 2.45) is 0 Å². The molecule has 0 spiro atoms. The van der Waals surface area contributed by atoms with Crippen molar-refractivity contribution in [2.75, 3.05) is 25.5 Å². The Bertz CT molecular complexity index is 557. The average Bonchev–Trinajstić information content (AvgIpc) is 2.43. The van der Waals surface area contributed by atoms with Crippen LogP contribution in [0.2, 0.25) is 0 Å². The second kappa shape index (κ2) is 7.03. The number of carbonyl (C=O) groups excluding carboxylic acids is 1. The van der Waals surface area contributed by atoms with E-state index in [2.05, 4.69) is 20.3 Å². The van der Waals surface area contributed by atoms with Crippen LogP contribution in [0, 0.1) is 5.82 Å². The number of benzene rings is 1. The van der Waals surface area contributed by atoms with Crippen molar-refractivity contribution in [1.82, 2.24) is 10.2 Å². The SMILES string of the molecule is CN1CCC(NC(=O)Nc2ccc(OC(F)(F)F)c(F)c2)CC1. The minimum Gasteiger partial charge on any atom is -0.403 e. The lowest BCUT2D eigenvalue weighted by Crippen LogP contribution is -2.44. The molecule has 1 aliphatic rings. The van der Waals surface area contributed by atoms with Gasteiger partial charge in [0.1, 0.15) is 0 Å². The summed E-state index contributed by atoms with van der Waals surface area (Å²) >= 11 is 0. The molecule has 2 rings (SSSR count). The molecule has 5 nitrogen and oxygen atoms in total. The second-order valence-electron chi connectivity index (χ2n) is 5.37. The van der Waals surface area contributed by atoms with E-state index in [0.717, 1.165) is 44.1 Å². The van der Waals surface area contributed by atoms with Crippen LogP contribution in [-0.4, -0.2) is 43.5 Å². The maximum atomic E-state index is 13.5. The van der Waals surface area contributed by atoms with Gasteiger partial charge >= 0.3 is 12.4 Å². The zero-order valence-electron chi connectivity index (χ0n) is 12.4. The summed E-state index contributed by atoms with van der Waals surface area (Å²) in [6.45, 7) is 1.73. The van der Waals surface area contributed by atoms with Crippen LogP contribution < -0.4 is 15.4 Å². The number of hydrogen-bond acceptors (Lipinski definition) is 3. The smallest absolute Gasteiger partial charge is 0.403 e. The number of anilines is 1. The highest BCUT2D eigenvalue weighted by atomic mass is 19.4. The molecule has 1 heterocycles. The number of nitrogens with zero attached hydrogens (tertiary/aromatic N) is 1. The van der Waals surface area contributed by atoms with Crippen molar-refractivity contribution in [3.05, 3.63) is 24.0 Å². The van der Waals surface area contributed by atoms with E-state index in [1.165, 1.54) is 0 Å². The number of ether oxygens (including phenoxy) is 1. The molecule has 0 saturated carbocycles. The molecule has 1 saturated heterocycles. The molecule has 0 atom stereocenters. The van der Waals surface area contributed by atoms with Crippen LogP contribution in [0.15, 0.2) is 18.2 Å². The molecule has 0 aliphatic carbocycles. The third-order valence-electron chi connectivity index (χ3n) is 3.47. The molecule has 0 bridgehead atoms. The van der Waals surface area contributed by atoms with E-state index in [-0.39, 0.29) is 11.7 Å². The summed E-state index contributed by atoms with van der Waals surface area (Å²) in [5.74, 6) is -2.15. The number of rotatable bonds is 3. The molecule has 1 aliphatic heterocycles. The minimum atomic E-state index is -4.97. The van der Waals surface area contributed by atoms with E-state index >= 15 is 0 Å². The Hall–Kier alpha value is -2.03. The van der Waals surface area contributed by atoms with Gasteiger partial charge in [-0.1, -0.05) is 0 Å². The quantitative estimate of drug-likeness (QED) is 0.835. The van der Waals surface area contributed by atoms with Crippen LogP contribution in [0.1, 0.15) is 12.8 Å². The van der Waals surface area contributed by atoms with Crippen molar-refractivity contribution >= 4 is 11.7 Å². The normalized spacial score (nSPS) is 16.9. The standard InChI is InChI=1S/C14H17F4N3O2/c1-21-6-4-9(5-7-21)19-13(22)20-10-2-3-12(11(15)8-10)23-14(16,17)18/h2-3,8-9H,4-7H2,1H3,(H2,19,20,22). The van der Waals surface area contributed by atoms with Gasteiger partial charge in [-0.2, -0.15) is 0 Å². The van der Waals surface area contributed by atoms with Gasteiger partial charge in [0, 0.05) is 17.8 Å². The van der Waals surface area contributed by atoms with E-state index in [0.29, 0.717) is 0 Å². The van der Waals surface area contributed by atoms with E-state index in [9.17, 15) is 22.4 Å². The fourth-order valence-corrected chi connectivity index (χ4v) is 2.29. The molecule has 23 heavy (non-hydrogen) atoms. The summed E-state index contributed by atoms with van der Waals surface area (Å²) in [7, 11) is 1.99. The largest absolute Gasteiger partial charge is 0.573 e. The fourth-order valence-electron chi connectivity index (χ4n) is 2.29. The summed E-state index contributed by atoms with van der Waals surface area (Å²) in [5, 5.41) is 5.14. The number of alkyl halides is 3. The van der Waals surface area contributed by atoms with Gasteiger partial charge in [-0.05, 0) is 45.1 Å². The molecular formula is C14H17F4N3O2. The Labute approximate surface area is 130 Å². The van der Waals surface area contributed by atoms with Crippen molar-refractivity contribution in [1.29, 1.82) is 0 Å². The first kappa shape index (κ1) is 17.3. The molecule has 9 heteroatoms. The minimum absolute atomic E-state index is 0.0175. The van der Waals surface area contributed by atoms with Crippen LogP contribution in [0.5, 0.6) is 5.75 Å². The van der Waals surface area contributed by atoms with Gasteiger partial charge in [0.25, 0.3) is 0 Å². The Morgan fingerprint density at radius 1 is 1.30 bits per heavy atom. The number of likely N-dealkylation sites (tertiary alicyclic amines) is 1. The molecule has 0 aromatic heterocycles. The fraction of sp³-hybridized carbons (Fsp3) is 0.500. The molecule has 0 radical (unpaired) electrons. The van der Waals surface area contributed by atoms with Gasteiger partial charge in [-0.3, -0.25) is 0 Å². The number of halogens is 4. The molecule has 128 valence electrons. The highest BCUT2D eigenvalue weighted by molar-refractivity contribution is 5.89. The molecule has 1 fully saturated rings. The third-order valence-corrected chi connectivity index (χ3v) is 3.47. The van der Waals surface area contributed by atoms with E-state index in [1.54, 1.807) is 0 Å². The van der Waals surface area contributed by atoms with Crippen LogP contribution in [-0.2, 0) is 0 Å². The van der Waals surface area contributed by atoms with Gasteiger partial charge in [0.05, 0.1) is 0 Å². The summed E-state index contributed by atoms with van der Waals surface area (Å²) in [6, 6.07) is 2.22. The number of carbonyl (C=O) groups is 1. The summed E-state index contributed by atoms with van der Waals surface area (Å²) in [6.07, 6.45) is -3.37. The molecular weight excluding hydrogens is 318 g/mol. The van der Waals surface area contributed by atoms with Crippen LogP contribution in [0.25, 0.3) is 0 Å². The first-order valence-corrected chi connectivity index (χ1v) is 7.04. The Balaban J connectivity index is 1.90. The van der Waals surface area contributed by atoms with Gasteiger partial charge < -0.3 is 20.3 Å². The number of amides is 2. The lowest BCUT2D eigenvalue weighted by molar-refractivity contribution is -0.275. The Kier molecular flexibility index (Phi) is 5.30. The summed E-state index contributed by atoms with van der Waals surface area (Å²) in [5.41, 5.74) is 0.0439. The van der Waals surface area contributed by atoms with Crippen molar-refractivity contribution in [2.45, 2.75) is 25.2 Å². The van der Waals surface area contributed by atoms with E-state index < -0.39 is 24.0 Å². The summed E-state index contributed by atoms with van der Waals surface area (Å²) < 4.78 is 53.2. The zero-order chi connectivity index (χ0) is 17.0. The van der Waals surface area contributed by atoms with Gasteiger partial charge in [0.15, 0.2) is 11.6 Å². The van der Waals surface area contributed by atoms with Crippen LogP contribution in [0.4, 0.5) is 28.0 Å². The Morgan fingerprint density at radius 2 is 1.96 bits per heavy atom. The first-order valence-electron chi connectivity index (χ1n) is 7.04. The van der Waals surface area contributed by atoms with E-state index in [1.807, 2.05) is 7.05 Å². The molecule has 1 aromatic rings. The van der Waals surface area contributed by atoms with Gasteiger partial charge in [-0.25, -0.2) is 9.18 Å². The lowest BCUT2D eigenvalue weighted by atomic mass is 10.1. The lowest BCUT2D eigenvalue weighted by Gasteiger charge is -2.29. The van der Waals surface area contributed by atoms with Crippen molar-refractivity contribution in [3.8, 4) is 5.75 Å².